The summed E-state index contributed by atoms with van der Waals surface area (Å²) in [5.74, 6) is -0.0101. The second-order valence-corrected chi connectivity index (χ2v) is 6.29. The van der Waals surface area contributed by atoms with Gasteiger partial charge in [0.05, 0.1) is 6.54 Å². The molecule has 1 aromatic carbocycles. The molecule has 6 nitrogen and oxygen atoms in total. The minimum atomic E-state index is -0.156. The number of benzene rings is 1. The van der Waals surface area contributed by atoms with Crippen molar-refractivity contribution < 1.29 is 9.59 Å². The Morgan fingerprint density at radius 2 is 2.00 bits per heavy atom. The van der Waals surface area contributed by atoms with Crippen LogP contribution in [0.25, 0.3) is 0 Å². The van der Waals surface area contributed by atoms with Crippen LogP contribution in [0.2, 0.25) is 0 Å². The van der Waals surface area contributed by atoms with E-state index in [1.165, 1.54) is 11.1 Å². The van der Waals surface area contributed by atoms with Crippen LogP contribution in [0.4, 0.5) is 4.79 Å². The molecule has 1 saturated heterocycles. The van der Waals surface area contributed by atoms with Gasteiger partial charge in [-0.3, -0.25) is 4.79 Å². The average Bonchev–Trinajstić information content (AvgIpc) is 2.59. The number of amides is 3. The van der Waals surface area contributed by atoms with Gasteiger partial charge in [-0.05, 0) is 24.5 Å². The molecule has 2 N–H and O–H groups in total. The Bertz CT molecular complexity index is 590. The van der Waals surface area contributed by atoms with Gasteiger partial charge in [0.2, 0.25) is 5.91 Å². The quantitative estimate of drug-likeness (QED) is 0.839. The minimum absolute atomic E-state index is 0.0101. The first-order chi connectivity index (χ1) is 11.1. The molecule has 124 valence electrons. The van der Waals surface area contributed by atoms with Gasteiger partial charge in [0.25, 0.3) is 0 Å². The summed E-state index contributed by atoms with van der Waals surface area (Å²) >= 11 is 0. The van der Waals surface area contributed by atoms with Crippen LogP contribution >= 0.6 is 0 Å². The van der Waals surface area contributed by atoms with Crippen LogP contribution in [0.3, 0.4) is 0 Å². The van der Waals surface area contributed by atoms with Gasteiger partial charge in [0.1, 0.15) is 0 Å². The molecular weight excluding hydrogens is 292 g/mol. The second kappa shape index (κ2) is 7.00. The fourth-order valence-electron chi connectivity index (χ4n) is 3.20. The number of hydrogen-bond acceptors (Lipinski definition) is 3. The Morgan fingerprint density at radius 3 is 2.78 bits per heavy atom. The van der Waals surface area contributed by atoms with E-state index in [1.807, 2.05) is 17.0 Å². The number of hydrogen-bond donors (Lipinski definition) is 2. The fraction of sp³-hybridized carbons (Fsp3) is 0.529. The van der Waals surface area contributed by atoms with Gasteiger partial charge in [-0.15, -0.1) is 0 Å². The third-order valence-electron chi connectivity index (χ3n) is 4.53. The molecule has 2 aliphatic rings. The lowest BCUT2D eigenvalue weighted by Gasteiger charge is -2.32. The van der Waals surface area contributed by atoms with Crippen molar-refractivity contribution in [2.45, 2.75) is 25.9 Å². The SMILES string of the molecule is CC1CN(C(=O)CNC(=O)N2CCc3ccccc3C2)CCN1. The highest BCUT2D eigenvalue weighted by molar-refractivity contribution is 5.84. The van der Waals surface area contributed by atoms with E-state index in [-0.39, 0.29) is 18.5 Å². The highest BCUT2D eigenvalue weighted by atomic mass is 16.2. The number of nitrogens with one attached hydrogen (secondary N) is 2. The zero-order chi connectivity index (χ0) is 16.2. The Hall–Kier alpha value is -2.08. The Labute approximate surface area is 136 Å². The van der Waals surface area contributed by atoms with E-state index < -0.39 is 0 Å². The van der Waals surface area contributed by atoms with E-state index in [1.54, 1.807) is 4.90 Å². The largest absolute Gasteiger partial charge is 0.338 e. The predicted octanol–water partition coefficient (Wildman–Crippen LogP) is 0.575. The summed E-state index contributed by atoms with van der Waals surface area (Å²) in [7, 11) is 0. The summed E-state index contributed by atoms with van der Waals surface area (Å²) in [6.45, 7) is 5.65. The number of carbonyl (C=O) groups excluding carboxylic acids is 2. The summed E-state index contributed by atoms with van der Waals surface area (Å²) < 4.78 is 0. The lowest BCUT2D eigenvalue weighted by molar-refractivity contribution is -0.131. The summed E-state index contributed by atoms with van der Waals surface area (Å²) in [5, 5.41) is 6.07. The number of carbonyl (C=O) groups is 2. The highest BCUT2D eigenvalue weighted by Crippen LogP contribution is 2.18. The van der Waals surface area contributed by atoms with Gasteiger partial charge in [-0.25, -0.2) is 4.79 Å². The Morgan fingerprint density at radius 1 is 1.22 bits per heavy atom. The molecular formula is C17H24N4O2. The molecule has 3 amide bonds. The van der Waals surface area contributed by atoms with Crippen LogP contribution in [0.15, 0.2) is 24.3 Å². The highest BCUT2D eigenvalue weighted by Gasteiger charge is 2.23. The maximum Gasteiger partial charge on any atom is 0.318 e. The summed E-state index contributed by atoms with van der Waals surface area (Å²) in [6, 6.07) is 8.34. The van der Waals surface area contributed by atoms with Gasteiger partial charge < -0.3 is 20.4 Å². The lowest BCUT2D eigenvalue weighted by atomic mass is 10.0. The summed E-state index contributed by atoms with van der Waals surface area (Å²) in [6.07, 6.45) is 0.868. The van der Waals surface area contributed by atoms with Gasteiger partial charge in [0.15, 0.2) is 0 Å². The Balaban J connectivity index is 1.49. The molecule has 0 aromatic heterocycles. The molecule has 1 unspecified atom stereocenters. The number of fused-ring (bicyclic) bond motifs is 1. The standard InChI is InChI=1S/C17H24N4O2/c1-13-11-20(9-7-18-13)16(22)10-19-17(23)21-8-6-14-4-2-3-5-15(14)12-21/h2-5,13,18H,6-12H2,1H3,(H,19,23). The van der Waals surface area contributed by atoms with Crippen LogP contribution < -0.4 is 10.6 Å². The fourth-order valence-corrected chi connectivity index (χ4v) is 3.20. The second-order valence-electron chi connectivity index (χ2n) is 6.29. The number of piperazine rings is 1. The first-order valence-corrected chi connectivity index (χ1v) is 8.24. The third-order valence-corrected chi connectivity index (χ3v) is 4.53. The zero-order valence-electron chi connectivity index (χ0n) is 13.5. The summed E-state index contributed by atoms with van der Waals surface area (Å²) in [4.78, 5) is 28.1. The van der Waals surface area contributed by atoms with Crippen molar-refractivity contribution >= 4 is 11.9 Å². The van der Waals surface area contributed by atoms with E-state index in [0.717, 1.165) is 13.0 Å². The van der Waals surface area contributed by atoms with E-state index >= 15 is 0 Å². The van der Waals surface area contributed by atoms with Crippen molar-refractivity contribution in [2.24, 2.45) is 0 Å². The monoisotopic (exact) mass is 316 g/mol. The van der Waals surface area contributed by atoms with Gasteiger partial charge in [-0.1, -0.05) is 24.3 Å². The van der Waals surface area contributed by atoms with Crippen LogP contribution in [0.1, 0.15) is 18.1 Å². The maximum atomic E-state index is 12.3. The van der Waals surface area contributed by atoms with Crippen LogP contribution in [-0.2, 0) is 17.8 Å². The minimum Gasteiger partial charge on any atom is -0.338 e. The van der Waals surface area contributed by atoms with Crippen molar-refractivity contribution in [2.75, 3.05) is 32.7 Å². The van der Waals surface area contributed by atoms with Crippen LogP contribution in [0, 0.1) is 0 Å². The molecule has 0 bridgehead atoms. The molecule has 1 aromatic rings. The van der Waals surface area contributed by atoms with Crippen molar-refractivity contribution in [1.29, 1.82) is 0 Å². The molecule has 6 heteroatoms. The molecule has 3 rings (SSSR count). The maximum absolute atomic E-state index is 12.3. The predicted molar refractivity (Wildman–Crippen MR) is 88.0 cm³/mol. The van der Waals surface area contributed by atoms with E-state index in [9.17, 15) is 9.59 Å². The average molecular weight is 316 g/mol. The van der Waals surface area contributed by atoms with Crippen LogP contribution in [-0.4, -0.2) is 60.5 Å². The number of urea groups is 1. The topological polar surface area (TPSA) is 64.7 Å². The van der Waals surface area contributed by atoms with E-state index in [0.29, 0.717) is 32.2 Å². The van der Waals surface area contributed by atoms with E-state index in [4.69, 9.17) is 0 Å². The van der Waals surface area contributed by atoms with Gasteiger partial charge >= 0.3 is 6.03 Å². The lowest BCUT2D eigenvalue weighted by Crippen LogP contribution is -2.54. The molecule has 0 radical (unpaired) electrons. The Kier molecular flexibility index (Phi) is 4.81. The summed E-state index contributed by atoms with van der Waals surface area (Å²) in [5.41, 5.74) is 2.50. The van der Waals surface area contributed by atoms with Crippen molar-refractivity contribution in [3.8, 4) is 0 Å². The van der Waals surface area contributed by atoms with Gasteiger partial charge in [-0.2, -0.15) is 0 Å². The molecule has 2 heterocycles. The zero-order valence-corrected chi connectivity index (χ0v) is 13.5. The number of nitrogens with zero attached hydrogens (tertiary/aromatic N) is 2. The van der Waals surface area contributed by atoms with Crippen LogP contribution in [0.5, 0.6) is 0 Å². The number of rotatable bonds is 2. The molecule has 1 fully saturated rings. The van der Waals surface area contributed by atoms with Crippen molar-refractivity contribution in [1.82, 2.24) is 20.4 Å². The molecule has 0 aliphatic carbocycles. The van der Waals surface area contributed by atoms with Crippen molar-refractivity contribution in [3.05, 3.63) is 35.4 Å². The normalized spacial score (nSPS) is 20.8. The molecule has 0 spiro atoms. The first kappa shape index (κ1) is 15.8. The molecule has 0 saturated carbocycles. The van der Waals surface area contributed by atoms with Gasteiger partial charge in [0, 0.05) is 38.8 Å². The van der Waals surface area contributed by atoms with Crippen molar-refractivity contribution in [3.63, 3.8) is 0 Å². The smallest absolute Gasteiger partial charge is 0.318 e. The molecule has 1 atom stereocenters. The first-order valence-electron chi connectivity index (χ1n) is 8.24. The third kappa shape index (κ3) is 3.82. The molecule has 2 aliphatic heterocycles. The molecule has 23 heavy (non-hydrogen) atoms. The van der Waals surface area contributed by atoms with E-state index in [2.05, 4.69) is 29.7 Å².